The van der Waals surface area contributed by atoms with Gasteiger partial charge < -0.3 is 10.6 Å². The summed E-state index contributed by atoms with van der Waals surface area (Å²) in [4.78, 5) is 35.2. The van der Waals surface area contributed by atoms with Crippen molar-refractivity contribution in [3.63, 3.8) is 0 Å². The van der Waals surface area contributed by atoms with Crippen LogP contribution in [0.25, 0.3) is 6.08 Å². The first-order valence-corrected chi connectivity index (χ1v) is 8.21. The number of halogens is 1. The molecular formula is C19H16ClN3O4. The van der Waals surface area contributed by atoms with E-state index in [0.29, 0.717) is 5.56 Å². The Hall–Kier alpha value is -3.45. The maximum atomic E-state index is 12.5. The number of carbonyl (C=O) groups is 2. The molecule has 0 aliphatic heterocycles. The van der Waals surface area contributed by atoms with Gasteiger partial charge in [-0.05, 0) is 23.8 Å². The summed E-state index contributed by atoms with van der Waals surface area (Å²) in [5, 5.41) is 16.2. The fourth-order valence-electron chi connectivity index (χ4n) is 2.15. The zero-order chi connectivity index (χ0) is 19.8. The van der Waals surface area contributed by atoms with E-state index in [9.17, 15) is 19.7 Å². The standard InChI is InChI=1S/C19H16ClN3O4/c1-2-10-21-19(25)17(12-13-6-5-7-14(11-13)23(26)27)22-18(24)15-8-3-4-9-16(15)20/h2-9,11-12H,1,10H2,(H,21,25)(H,22,24)/b17-12+. The lowest BCUT2D eigenvalue weighted by atomic mass is 10.1. The van der Waals surface area contributed by atoms with Crippen LogP contribution in [-0.2, 0) is 4.79 Å². The summed E-state index contributed by atoms with van der Waals surface area (Å²) in [5.41, 5.74) is 0.363. The van der Waals surface area contributed by atoms with Gasteiger partial charge in [-0.1, -0.05) is 41.9 Å². The molecule has 0 fully saturated rings. The van der Waals surface area contributed by atoms with Crippen LogP contribution >= 0.6 is 11.6 Å². The first kappa shape index (κ1) is 19.9. The van der Waals surface area contributed by atoms with E-state index in [4.69, 9.17) is 11.6 Å². The number of nitro groups is 1. The third-order valence-electron chi connectivity index (χ3n) is 3.41. The summed E-state index contributed by atoms with van der Waals surface area (Å²) in [6.07, 6.45) is 2.83. The molecule has 27 heavy (non-hydrogen) atoms. The molecule has 2 aromatic carbocycles. The van der Waals surface area contributed by atoms with Crippen molar-refractivity contribution in [2.45, 2.75) is 0 Å². The number of amides is 2. The predicted molar refractivity (Wildman–Crippen MR) is 103 cm³/mol. The SMILES string of the molecule is C=CCNC(=O)/C(=C\c1cccc([N+](=O)[O-])c1)NC(=O)c1ccccc1Cl. The van der Waals surface area contributed by atoms with Gasteiger partial charge in [0.15, 0.2) is 0 Å². The number of nitrogens with one attached hydrogen (secondary N) is 2. The molecule has 2 N–H and O–H groups in total. The second kappa shape index (κ2) is 9.30. The first-order valence-electron chi connectivity index (χ1n) is 7.83. The van der Waals surface area contributed by atoms with Gasteiger partial charge in [-0.25, -0.2) is 0 Å². The number of benzene rings is 2. The molecule has 8 heteroatoms. The Balaban J connectivity index is 2.36. The molecule has 0 saturated carbocycles. The minimum atomic E-state index is -0.578. The Morgan fingerprint density at radius 2 is 1.93 bits per heavy atom. The van der Waals surface area contributed by atoms with Gasteiger partial charge in [-0.2, -0.15) is 0 Å². The lowest BCUT2D eigenvalue weighted by molar-refractivity contribution is -0.384. The second-order valence-electron chi connectivity index (χ2n) is 5.34. The van der Waals surface area contributed by atoms with Crippen molar-refractivity contribution in [1.29, 1.82) is 0 Å². The lowest BCUT2D eigenvalue weighted by Crippen LogP contribution is -2.35. The second-order valence-corrected chi connectivity index (χ2v) is 5.75. The Kier molecular flexibility index (Phi) is 6.85. The van der Waals surface area contributed by atoms with Crippen molar-refractivity contribution in [3.05, 3.63) is 93.1 Å². The summed E-state index contributed by atoms with van der Waals surface area (Å²) < 4.78 is 0. The molecule has 0 heterocycles. The first-order chi connectivity index (χ1) is 12.9. The van der Waals surface area contributed by atoms with E-state index < -0.39 is 16.7 Å². The number of nitro benzene ring substituents is 1. The highest BCUT2D eigenvalue weighted by atomic mass is 35.5. The van der Waals surface area contributed by atoms with Crippen molar-refractivity contribution in [2.24, 2.45) is 0 Å². The molecule has 7 nitrogen and oxygen atoms in total. The smallest absolute Gasteiger partial charge is 0.270 e. The highest BCUT2D eigenvalue weighted by Gasteiger charge is 2.16. The number of rotatable bonds is 7. The molecule has 0 aliphatic rings. The van der Waals surface area contributed by atoms with Gasteiger partial charge in [-0.15, -0.1) is 6.58 Å². The molecule has 0 radical (unpaired) electrons. The van der Waals surface area contributed by atoms with E-state index in [0.717, 1.165) is 0 Å². The molecule has 2 aromatic rings. The number of nitrogens with zero attached hydrogens (tertiary/aromatic N) is 1. The topological polar surface area (TPSA) is 101 Å². The minimum absolute atomic E-state index is 0.0812. The van der Waals surface area contributed by atoms with Crippen molar-refractivity contribution in [1.82, 2.24) is 10.6 Å². The largest absolute Gasteiger partial charge is 0.347 e. The van der Waals surface area contributed by atoms with Gasteiger partial charge in [0.2, 0.25) is 0 Å². The van der Waals surface area contributed by atoms with Crippen LogP contribution in [0.2, 0.25) is 5.02 Å². The molecule has 0 aromatic heterocycles. The normalized spacial score (nSPS) is 10.8. The third kappa shape index (κ3) is 5.52. The average Bonchev–Trinajstić information content (AvgIpc) is 2.66. The van der Waals surface area contributed by atoms with Crippen molar-refractivity contribution < 1.29 is 14.5 Å². The molecule has 2 rings (SSSR count). The van der Waals surface area contributed by atoms with E-state index in [-0.39, 0.29) is 28.5 Å². The minimum Gasteiger partial charge on any atom is -0.347 e. The molecular weight excluding hydrogens is 370 g/mol. The fourth-order valence-corrected chi connectivity index (χ4v) is 2.37. The summed E-state index contributed by atoms with van der Waals surface area (Å²) in [6, 6.07) is 12.1. The monoisotopic (exact) mass is 385 g/mol. The molecule has 138 valence electrons. The molecule has 0 unspecified atom stereocenters. The van der Waals surface area contributed by atoms with Crippen LogP contribution in [0.4, 0.5) is 5.69 Å². The van der Waals surface area contributed by atoms with Crippen LogP contribution in [0.5, 0.6) is 0 Å². The lowest BCUT2D eigenvalue weighted by Gasteiger charge is -2.11. The van der Waals surface area contributed by atoms with Crippen LogP contribution in [0.3, 0.4) is 0 Å². The Labute approximate surface area is 160 Å². The summed E-state index contributed by atoms with van der Waals surface area (Å²) >= 11 is 6.01. The van der Waals surface area contributed by atoms with Crippen molar-refractivity contribution in [3.8, 4) is 0 Å². The summed E-state index contributed by atoms with van der Waals surface area (Å²) in [7, 11) is 0. The Morgan fingerprint density at radius 1 is 1.19 bits per heavy atom. The van der Waals surface area contributed by atoms with Crippen molar-refractivity contribution >= 4 is 35.2 Å². The number of hydrogen-bond donors (Lipinski definition) is 2. The van der Waals surface area contributed by atoms with E-state index in [1.165, 1.54) is 36.4 Å². The quantitative estimate of drug-likeness (QED) is 0.330. The molecule has 0 bridgehead atoms. The van der Waals surface area contributed by atoms with Crippen LogP contribution in [0.1, 0.15) is 15.9 Å². The fraction of sp³-hybridized carbons (Fsp3) is 0.0526. The van der Waals surface area contributed by atoms with Gasteiger partial charge in [0.1, 0.15) is 5.70 Å². The van der Waals surface area contributed by atoms with Crippen molar-refractivity contribution in [2.75, 3.05) is 6.54 Å². The molecule has 0 atom stereocenters. The predicted octanol–water partition coefficient (Wildman–Crippen LogP) is 3.32. The zero-order valence-corrected chi connectivity index (χ0v) is 14.9. The van der Waals surface area contributed by atoms with Gasteiger partial charge >= 0.3 is 0 Å². The van der Waals surface area contributed by atoms with Crippen LogP contribution in [0, 0.1) is 10.1 Å². The zero-order valence-electron chi connectivity index (χ0n) is 14.1. The van der Waals surface area contributed by atoms with Crippen LogP contribution < -0.4 is 10.6 Å². The number of hydrogen-bond acceptors (Lipinski definition) is 4. The van der Waals surface area contributed by atoms with Crippen LogP contribution in [0.15, 0.2) is 66.9 Å². The van der Waals surface area contributed by atoms with Gasteiger partial charge in [0.25, 0.3) is 17.5 Å². The maximum absolute atomic E-state index is 12.5. The molecule has 0 aliphatic carbocycles. The van der Waals surface area contributed by atoms with E-state index in [1.54, 1.807) is 24.3 Å². The number of carbonyl (C=O) groups excluding carboxylic acids is 2. The summed E-state index contributed by atoms with van der Waals surface area (Å²) in [6.45, 7) is 3.70. The molecule has 0 spiro atoms. The Morgan fingerprint density at radius 3 is 2.59 bits per heavy atom. The highest BCUT2D eigenvalue weighted by molar-refractivity contribution is 6.34. The van der Waals surface area contributed by atoms with E-state index >= 15 is 0 Å². The molecule has 0 saturated heterocycles. The van der Waals surface area contributed by atoms with Crippen LogP contribution in [-0.4, -0.2) is 23.3 Å². The van der Waals surface area contributed by atoms with Gasteiger partial charge in [0, 0.05) is 18.7 Å². The van der Waals surface area contributed by atoms with E-state index in [2.05, 4.69) is 17.2 Å². The third-order valence-corrected chi connectivity index (χ3v) is 3.74. The maximum Gasteiger partial charge on any atom is 0.270 e. The van der Waals surface area contributed by atoms with Gasteiger partial charge in [0.05, 0.1) is 15.5 Å². The number of non-ortho nitro benzene ring substituents is 1. The van der Waals surface area contributed by atoms with Gasteiger partial charge in [-0.3, -0.25) is 19.7 Å². The average molecular weight is 386 g/mol. The summed E-state index contributed by atoms with van der Waals surface area (Å²) in [5.74, 6) is -1.15. The van der Waals surface area contributed by atoms with E-state index in [1.807, 2.05) is 0 Å². The Bertz CT molecular complexity index is 925. The molecule has 2 amide bonds. The highest BCUT2D eigenvalue weighted by Crippen LogP contribution is 2.17.